The molecule has 1 heterocycles. The topological polar surface area (TPSA) is 87.0 Å². The van der Waals surface area contributed by atoms with Crippen LogP contribution in [0.2, 0.25) is 5.02 Å². The third-order valence-electron chi connectivity index (χ3n) is 2.63. The summed E-state index contributed by atoms with van der Waals surface area (Å²) in [6.45, 7) is 1.88. The number of hydrogen-bond donors (Lipinski definition) is 1. The Balaban J connectivity index is 2.36. The summed E-state index contributed by atoms with van der Waals surface area (Å²) in [5.41, 5.74) is 6.74. The zero-order valence-electron chi connectivity index (χ0n) is 9.93. The van der Waals surface area contributed by atoms with Crippen LogP contribution in [0, 0.1) is 17.0 Å². The summed E-state index contributed by atoms with van der Waals surface area (Å²) in [4.78, 5) is 10.3. The Labute approximate surface area is 122 Å². The second kappa shape index (κ2) is 5.18. The van der Waals surface area contributed by atoms with Crippen LogP contribution in [0.4, 0.5) is 11.5 Å². The number of nitrogen functional groups attached to an aromatic ring is 1. The van der Waals surface area contributed by atoms with Crippen molar-refractivity contribution < 1.29 is 4.92 Å². The highest BCUT2D eigenvalue weighted by Crippen LogP contribution is 2.27. The molecular formula is C11H10BrClN4O2. The zero-order chi connectivity index (χ0) is 14.2. The summed E-state index contributed by atoms with van der Waals surface area (Å²) in [6, 6.07) is 5.41. The van der Waals surface area contributed by atoms with Crippen LogP contribution in [0.25, 0.3) is 0 Å². The van der Waals surface area contributed by atoms with E-state index >= 15 is 0 Å². The lowest BCUT2D eigenvalue weighted by Gasteiger charge is -2.05. The van der Waals surface area contributed by atoms with E-state index in [0.29, 0.717) is 17.3 Å². The normalized spacial score (nSPS) is 10.7. The molecule has 8 heteroatoms. The molecular weight excluding hydrogens is 336 g/mol. The van der Waals surface area contributed by atoms with Crippen molar-refractivity contribution in [3.63, 3.8) is 0 Å². The number of anilines is 1. The molecule has 0 atom stereocenters. The van der Waals surface area contributed by atoms with Crippen molar-refractivity contribution in [3.8, 4) is 0 Å². The first-order valence-corrected chi connectivity index (χ1v) is 6.48. The second-order valence-electron chi connectivity index (χ2n) is 3.98. The van der Waals surface area contributed by atoms with Crippen molar-refractivity contribution in [2.24, 2.45) is 0 Å². The van der Waals surface area contributed by atoms with Gasteiger partial charge in [-0.3, -0.25) is 10.1 Å². The van der Waals surface area contributed by atoms with E-state index < -0.39 is 4.92 Å². The first-order chi connectivity index (χ1) is 8.90. The second-order valence-corrected chi connectivity index (χ2v) is 5.24. The molecule has 0 aliphatic carbocycles. The van der Waals surface area contributed by atoms with Crippen LogP contribution in [0.5, 0.6) is 0 Å². The molecule has 100 valence electrons. The van der Waals surface area contributed by atoms with Gasteiger partial charge >= 0.3 is 5.69 Å². The van der Waals surface area contributed by atoms with Gasteiger partial charge < -0.3 is 5.73 Å². The summed E-state index contributed by atoms with van der Waals surface area (Å²) < 4.78 is 2.18. The molecule has 19 heavy (non-hydrogen) atoms. The number of hydrogen-bond acceptors (Lipinski definition) is 4. The summed E-state index contributed by atoms with van der Waals surface area (Å²) in [5.74, 6) is 0.0431. The lowest BCUT2D eigenvalue weighted by Crippen LogP contribution is -2.06. The van der Waals surface area contributed by atoms with Gasteiger partial charge in [-0.1, -0.05) is 17.7 Å². The molecule has 0 radical (unpaired) electrons. The van der Waals surface area contributed by atoms with Gasteiger partial charge in [-0.15, -0.1) is 0 Å². The van der Waals surface area contributed by atoms with E-state index in [9.17, 15) is 10.1 Å². The Kier molecular flexibility index (Phi) is 3.77. The largest absolute Gasteiger partial charge is 0.378 e. The first kappa shape index (κ1) is 13.8. The fraction of sp³-hybridized carbons (Fsp3) is 0.182. The van der Waals surface area contributed by atoms with Crippen molar-refractivity contribution >= 4 is 39.0 Å². The number of halogens is 2. The molecule has 2 aromatic rings. The Morgan fingerprint density at radius 3 is 2.79 bits per heavy atom. The van der Waals surface area contributed by atoms with Gasteiger partial charge in [0.05, 0.1) is 16.5 Å². The predicted molar refractivity (Wildman–Crippen MR) is 76.3 cm³/mol. The average molecular weight is 346 g/mol. The number of rotatable bonds is 3. The Bertz CT molecular complexity index is 656. The van der Waals surface area contributed by atoms with E-state index in [4.69, 9.17) is 17.3 Å². The molecule has 0 spiro atoms. The zero-order valence-corrected chi connectivity index (χ0v) is 12.3. The van der Waals surface area contributed by atoms with Crippen LogP contribution in [0.1, 0.15) is 11.3 Å². The van der Waals surface area contributed by atoms with Gasteiger partial charge in [0.1, 0.15) is 5.69 Å². The predicted octanol–water partition coefficient (Wildman–Crippen LogP) is 3.15. The molecule has 0 aliphatic heterocycles. The van der Waals surface area contributed by atoms with Crippen molar-refractivity contribution in [1.29, 1.82) is 0 Å². The number of benzene rings is 1. The van der Waals surface area contributed by atoms with Crippen molar-refractivity contribution in [2.75, 3.05) is 5.73 Å². The molecule has 0 aliphatic rings. The highest BCUT2D eigenvalue weighted by atomic mass is 79.9. The fourth-order valence-electron chi connectivity index (χ4n) is 1.75. The monoisotopic (exact) mass is 344 g/mol. The van der Waals surface area contributed by atoms with Crippen LogP contribution in [-0.4, -0.2) is 14.7 Å². The lowest BCUT2D eigenvalue weighted by atomic mass is 10.2. The molecule has 0 saturated heterocycles. The molecule has 0 fully saturated rings. The average Bonchev–Trinajstić information content (AvgIpc) is 2.59. The third kappa shape index (κ3) is 2.71. The molecule has 0 saturated carbocycles. The molecule has 2 rings (SSSR count). The number of aromatic nitrogens is 2. The third-order valence-corrected chi connectivity index (χ3v) is 3.87. The van der Waals surface area contributed by atoms with Crippen molar-refractivity contribution in [2.45, 2.75) is 13.5 Å². The molecule has 0 bridgehead atoms. The van der Waals surface area contributed by atoms with Crippen LogP contribution in [0.3, 0.4) is 0 Å². The van der Waals surface area contributed by atoms with Gasteiger partial charge in [0.2, 0.25) is 5.82 Å². The van der Waals surface area contributed by atoms with Gasteiger partial charge in [-0.25, -0.2) is 4.68 Å². The number of aryl methyl sites for hydroxylation is 1. The molecule has 6 nitrogen and oxygen atoms in total. The van der Waals surface area contributed by atoms with Crippen LogP contribution in [0.15, 0.2) is 22.7 Å². The van der Waals surface area contributed by atoms with Gasteiger partial charge in [0.15, 0.2) is 0 Å². The minimum Gasteiger partial charge on any atom is -0.378 e. The van der Waals surface area contributed by atoms with E-state index in [1.807, 2.05) is 6.07 Å². The van der Waals surface area contributed by atoms with E-state index in [1.165, 1.54) is 4.68 Å². The van der Waals surface area contributed by atoms with Crippen LogP contribution >= 0.6 is 27.5 Å². The maximum Gasteiger partial charge on any atom is 0.333 e. The summed E-state index contributed by atoms with van der Waals surface area (Å²) in [5, 5.41) is 15.5. The van der Waals surface area contributed by atoms with Gasteiger partial charge in [-0.05, 0) is 40.5 Å². The van der Waals surface area contributed by atoms with E-state index in [-0.39, 0.29) is 11.5 Å². The number of nitro groups is 1. The molecule has 1 aromatic heterocycles. The highest BCUT2D eigenvalue weighted by molar-refractivity contribution is 9.10. The molecule has 0 unspecified atom stereocenters. The standard InChI is InChI=1S/C11H10BrClN4O2/c1-6-10(17(18)19)11(14)16(15-6)5-7-2-3-8(12)9(13)4-7/h2-4H,5,14H2,1H3. The minimum absolute atomic E-state index is 0.0431. The molecule has 1 aromatic carbocycles. The van der Waals surface area contributed by atoms with Gasteiger partial charge in [-0.2, -0.15) is 5.10 Å². The van der Waals surface area contributed by atoms with E-state index in [2.05, 4.69) is 21.0 Å². The minimum atomic E-state index is -0.525. The summed E-state index contributed by atoms with van der Waals surface area (Å²) in [6.07, 6.45) is 0. The summed E-state index contributed by atoms with van der Waals surface area (Å²) >= 11 is 9.29. The fourth-order valence-corrected chi connectivity index (χ4v) is 2.20. The van der Waals surface area contributed by atoms with E-state index in [1.54, 1.807) is 19.1 Å². The van der Waals surface area contributed by atoms with Crippen LogP contribution in [-0.2, 0) is 6.54 Å². The smallest absolute Gasteiger partial charge is 0.333 e. The maximum absolute atomic E-state index is 10.9. The van der Waals surface area contributed by atoms with Crippen molar-refractivity contribution in [1.82, 2.24) is 9.78 Å². The molecule has 0 amide bonds. The highest BCUT2D eigenvalue weighted by Gasteiger charge is 2.22. The van der Waals surface area contributed by atoms with Crippen molar-refractivity contribution in [3.05, 3.63) is 49.1 Å². The Morgan fingerprint density at radius 2 is 2.26 bits per heavy atom. The quantitative estimate of drug-likeness (QED) is 0.684. The maximum atomic E-state index is 10.9. The van der Waals surface area contributed by atoms with E-state index in [0.717, 1.165) is 10.0 Å². The lowest BCUT2D eigenvalue weighted by molar-refractivity contribution is -0.384. The molecule has 2 N–H and O–H groups in total. The number of nitrogens with zero attached hydrogens (tertiary/aromatic N) is 3. The number of nitrogens with two attached hydrogens (primary N) is 1. The van der Waals surface area contributed by atoms with Gasteiger partial charge in [0, 0.05) is 4.47 Å². The first-order valence-electron chi connectivity index (χ1n) is 5.31. The van der Waals surface area contributed by atoms with Crippen LogP contribution < -0.4 is 5.73 Å². The SMILES string of the molecule is Cc1nn(Cc2ccc(Br)c(Cl)c2)c(N)c1[N+](=O)[O-]. The summed E-state index contributed by atoms with van der Waals surface area (Å²) in [7, 11) is 0. The Morgan fingerprint density at radius 1 is 1.58 bits per heavy atom. The Hall–Kier alpha value is -1.60. The van der Waals surface area contributed by atoms with Gasteiger partial charge in [0.25, 0.3) is 0 Å².